The van der Waals surface area contributed by atoms with Gasteiger partial charge in [0.1, 0.15) is 5.82 Å². The molecule has 0 aliphatic heterocycles. The summed E-state index contributed by atoms with van der Waals surface area (Å²) >= 11 is 0. The Morgan fingerprint density at radius 3 is 2.47 bits per heavy atom. The van der Waals surface area contributed by atoms with Crippen molar-refractivity contribution >= 4 is 5.82 Å². The largest absolute Gasteiger partial charge is 0.383 e. The van der Waals surface area contributed by atoms with Crippen LogP contribution in [0.4, 0.5) is 5.82 Å². The van der Waals surface area contributed by atoms with E-state index in [1.54, 1.807) is 11.8 Å². The van der Waals surface area contributed by atoms with Gasteiger partial charge in [-0.2, -0.15) is 5.10 Å². The zero-order valence-corrected chi connectivity index (χ0v) is 11.4. The number of rotatable bonds is 4. The predicted molar refractivity (Wildman–Crippen MR) is 75.7 cm³/mol. The Balaban J connectivity index is 1.81. The maximum Gasteiger partial charge on any atom is 0.129 e. The fourth-order valence-corrected chi connectivity index (χ4v) is 2.44. The second kappa shape index (κ2) is 4.38. The minimum atomic E-state index is 0.106. The maximum absolute atomic E-state index is 5.99. The van der Waals surface area contributed by atoms with Crippen LogP contribution in [-0.2, 0) is 18.2 Å². The number of ether oxygens (including phenoxy) is 1. The summed E-state index contributed by atoms with van der Waals surface area (Å²) in [6, 6.07) is 8.52. The lowest BCUT2D eigenvalue weighted by Gasteiger charge is -2.13. The van der Waals surface area contributed by atoms with Gasteiger partial charge in [-0.25, -0.2) is 0 Å². The molecular weight excluding hydrogens is 238 g/mol. The van der Waals surface area contributed by atoms with E-state index < -0.39 is 0 Å². The SMILES string of the molecule is COC1(Cc2ccc(-c3cnn(C)c3N)cc2)CC1. The second-order valence-electron chi connectivity index (χ2n) is 5.33. The van der Waals surface area contributed by atoms with Crippen molar-refractivity contribution in [2.45, 2.75) is 24.9 Å². The second-order valence-corrected chi connectivity index (χ2v) is 5.33. The summed E-state index contributed by atoms with van der Waals surface area (Å²) < 4.78 is 7.24. The van der Waals surface area contributed by atoms with Crippen LogP contribution in [-0.4, -0.2) is 22.5 Å². The summed E-state index contributed by atoms with van der Waals surface area (Å²) in [7, 11) is 3.65. The quantitative estimate of drug-likeness (QED) is 0.915. The highest BCUT2D eigenvalue weighted by molar-refractivity contribution is 5.73. The molecule has 1 aromatic carbocycles. The molecule has 2 aromatic rings. The summed E-state index contributed by atoms with van der Waals surface area (Å²) in [5.41, 5.74) is 9.50. The molecule has 1 aliphatic rings. The molecule has 19 heavy (non-hydrogen) atoms. The molecule has 3 rings (SSSR count). The monoisotopic (exact) mass is 257 g/mol. The number of methoxy groups -OCH3 is 1. The van der Waals surface area contributed by atoms with Gasteiger partial charge in [-0.05, 0) is 24.0 Å². The number of nitrogens with two attached hydrogens (primary N) is 1. The van der Waals surface area contributed by atoms with Crippen LogP contribution in [0.25, 0.3) is 11.1 Å². The molecule has 100 valence electrons. The fourth-order valence-electron chi connectivity index (χ4n) is 2.44. The van der Waals surface area contributed by atoms with Crippen LogP contribution < -0.4 is 5.73 Å². The first kappa shape index (κ1) is 12.2. The third-order valence-electron chi connectivity index (χ3n) is 4.02. The number of hydrogen-bond acceptors (Lipinski definition) is 3. The van der Waals surface area contributed by atoms with Crippen molar-refractivity contribution in [1.29, 1.82) is 0 Å². The van der Waals surface area contributed by atoms with Crippen LogP contribution in [0.15, 0.2) is 30.5 Å². The Morgan fingerprint density at radius 1 is 1.32 bits per heavy atom. The third-order valence-corrected chi connectivity index (χ3v) is 4.02. The average molecular weight is 257 g/mol. The number of nitrogen functional groups attached to an aromatic ring is 1. The number of hydrogen-bond donors (Lipinski definition) is 1. The van der Waals surface area contributed by atoms with E-state index in [2.05, 4.69) is 29.4 Å². The zero-order chi connectivity index (χ0) is 13.5. The molecule has 0 bridgehead atoms. The highest BCUT2D eigenvalue weighted by atomic mass is 16.5. The fraction of sp³-hybridized carbons (Fsp3) is 0.400. The number of anilines is 1. The molecule has 1 saturated carbocycles. The number of aryl methyl sites for hydroxylation is 1. The maximum atomic E-state index is 5.99. The van der Waals surface area contributed by atoms with Crippen molar-refractivity contribution in [2.75, 3.05) is 12.8 Å². The highest BCUT2D eigenvalue weighted by Crippen LogP contribution is 2.42. The first-order valence-corrected chi connectivity index (χ1v) is 6.55. The topological polar surface area (TPSA) is 53.1 Å². The molecule has 0 radical (unpaired) electrons. The molecule has 2 N–H and O–H groups in total. The molecular formula is C15H19N3O. The molecule has 0 spiro atoms. The standard InChI is InChI=1S/C15H19N3O/c1-18-14(16)13(10-17-18)12-5-3-11(4-6-12)9-15(19-2)7-8-15/h3-6,10H,7-9,16H2,1-2H3. The van der Waals surface area contributed by atoms with Crippen LogP contribution in [0.3, 0.4) is 0 Å². The van der Waals surface area contributed by atoms with Gasteiger partial charge in [0, 0.05) is 26.1 Å². The van der Waals surface area contributed by atoms with Crippen LogP contribution >= 0.6 is 0 Å². The Hall–Kier alpha value is -1.81. The van der Waals surface area contributed by atoms with Crippen molar-refractivity contribution < 1.29 is 4.74 Å². The predicted octanol–water partition coefficient (Wildman–Crippen LogP) is 2.39. The molecule has 4 nitrogen and oxygen atoms in total. The summed E-state index contributed by atoms with van der Waals surface area (Å²) in [4.78, 5) is 0. The van der Waals surface area contributed by atoms with Crippen LogP contribution in [0.5, 0.6) is 0 Å². The third kappa shape index (κ3) is 2.24. The van der Waals surface area contributed by atoms with Crippen molar-refractivity contribution in [1.82, 2.24) is 9.78 Å². The summed E-state index contributed by atoms with van der Waals surface area (Å²) in [6.45, 7) is 0. The van der Waals surface area contributed by atoms with E-state index in [1.165, 1.54) is 18.4 Å². The first-order chi connectivity index (χ1) is 9.13. The molecule has 0 amide bonds. The van der Waals surface area contributed by atoms with E-state index in [4.69, 9.17) is 10.5 Å². The van der Waals surface area contributed by atoms with Crippen molar-refractivity contribution in [3.8, 4) is 11.1 Å². The van der Waals surface area contributed by atoms with Gasteiger partial charge in [0.25, 0.3) is 0 Å². The van der Waals surface area contributed by atoms with E-state index in [9.17, 15) is 0 Å². The van der Waals surface area contributed by atoms with Gasteiger partial charge in [0.05, 0.1) is 11.8 Å². The van der Waals surface area contributed by atoms with E-state index in [-0.39, 0.29) is 5.60 Å². The van der Waals surface area contributed by atoms with Crippen molar-refractivity contribution in [3.63, 3.8) is 0 Å². The Bertz CT molecular complexity index is 582. The average Bonchev–Trinajstić information content (AvgIpc) is 3.13. The Morgan fingerprint density at radius 2 is 2.00 bits per heavy atom. The Labute approximate surface area is 113 Å². The normalized spacial score (nSPS) is 16.5. The van der Waals surface area contributed by atoms with Gasteiger partial charge in [0.2, 0.25) is 0 Å². The molecule has 1 aromatic heterocycles. The van der Waals surface area contributed by atoms with Gasteiger partial charge in [-0.15, -0.1) is 0 Å². The van der Waals surface area contributed by atoms with Gasteiger partial charge in [0.15, 0.2) is 0 Å². The molecule has 0 unspecified atom stereocenters. The van der Waals surface area contributed by atoms with E-state index in [0.717, 1.165) is 17.5 Å². The van der Waals surface area contributed by atoms with Crippen molar-refractivity contribution in [2.24, 2.45) is 7.05 Å². The van der Waals surface area contributed by atoms with Gasteiger partial charge in [-0.1, -0.05) is 24.3 Å². The van der Waals surface area contributed by atoms with Gasteiger partial charge in [-0.3, -0.25) is 4.68 Å². The minimum Gasteiger partial charge on any atom is -0.383 e. The lowest BCUT2D eigenvalue weighted by Crippen LogP contribution is -2.14. The number of nitrogens with zero attached hydrogens (tertiary/aromatic N) is 2. The zero-order valence-electron chi connectivity index (χ0n) is 11.4. The molecule has 4 heteroatoms. The molecule has 0 atom stereocenters. The lowest BCUT2D eigenvalue weighted by molar-refractivity contribution is 0.0807. The summed E-state index contributed by atoms with van der Waals surface area (Å²) in [5.74, 6) is 0.698. The minimum absolute atomic E-state index is 0.106. The Kier molecular flexibility index (Phi) is 2.82. The summed E-state index contributed by atoms with van der Waals surface area (Å²) in [6.07, 6.45) is 5.13. The van der Waals surface area contributed by atoms with E-state index in [0.29, 0.717) is 5.82 Å². The van der Waals surface area contributed by atoms with E-state index >= 15 is 0 Å². The number of benzene rings is 1. The smallest absolute Gasteiger partial charge is 0.129 e. The van der Waals surface area contributed by atoms with E-state index in [1.807, 2.05) is 13.2 Å². The lowest BCUT2D eigenvalue weighted by atomic mass is 10.0. The molecule has 1 aliphatic carbocycles. The first-order valence-electron chi connectivity index (χ1n) is 6.55. The highest BCUT2D eigenvalue weighted by Gasteiger charge is 2.42. The number of aromatic nitrogens is 2. The van der Waals surface area contributed by atoms with Crippen LogP contribution in [0.2, 0.25) is 0 Å². The van der Waals surface area contributed by atoms with Crippen molar-refractivity contribution in [3.05, 3.63) is 36.0 Å². The molecule has 1 fully saturated rings. The molecule has 1 heterocycles. The van der Waals surface area contributed by atoms with Crippen LogP contribution in [0.1, 0.15) is 18.4 Å². The van der Waals surface area contributed by atoms with Crippen LogP contribution in [0, 0.1) is 0 Å². The molecule has 0 saturated heterocycles. The van der Waals surface area contributed by atoms with Gasteiger partial charge >= 0.3 is 0 Å². The van der Waals surface area contributed by atoms with Gasteiger partial charge < -0.3 is 10.5 Å². The summed E-state index contributed by atoms with van der Waals surface area (Å²) in [5, 5.41) is 4.17.